The van der Waals surface area contributed by atoms with Gasteiger partial charge in [-0.1, -0.05) is 6.92 Å². The molecule has 0 aliphatic heterocycles. The van der Waals surface area contributed by atoms with Gasteiger partial charge in [0.1, 0.15) is 0 Å². The molecule has 0 aromatic carbocycles. The van der Waals surface area contributed by atoms with Crippen molar-refractivity contribution in [3.8, 4) is 0 Å². The smallest absolute Gasteiger partial charge is 0.191 e. The largest absolute Gasteiger partial charge is 0.380 e. The number of guanidine groups is 1. The van der Waals surface area contributed by atoms with E-state index in [0.717, 1.165) is 6.54 Å². The van der Waals surface area contributed by atoms with Gasteiger partial charge in [0.15, 0.2) is 15.8 Å². The molecule has 0 heterocycles. The maximum atomic E-state index is 11.3. The average molecular weight is 407 g/mol. The van der Waals surface area contributed by atoms with Crippen LogP contribution in [0.15, 0.2) is 4.99 Å². The lowest BCUT2D eigenvalue weighted by molar-refractivity contribution is 0.155. The fourth-order valence-corrected chi connectivity index (χ4v) is 1.88. The number of sulfone groups is 1. The van der Waals surface area contributed by atoms with Crippen molar-refractivity contribution in [2.45, 2.75) is 20.8 Å². The number of ether oxygens (including phenoxy) is 1. The van der Waals surface area contributed by atoms with Gasteiger partial charge < -0.3 is 15.4 Å². The fourth-order valence-electron chi connectivity index (χ4n) is 1.18. The summed E-state index contributed by atoms with van der Waals surface area (Å²) in [6.07, 6.45) is 0. The predicted molar refractivity (Wildman–Crippen MR) is 90.2 cm³/mol. The van der Waals surface area contributed by atoms with E-state index in [0.29, 0.717) is 32.3 Å². The first kappa shape index (κ1) is 21.2. The van der Waals surface area contributed by atoms with E-state index in [4.69, 9.17) is 4.74 Å². The Morgan fingerprint density at radius 2 is 1.89 bits per heavy atom. The molecule has 116 valence electrons. The second-order valence-electron chi connectivity index (χ2n) is 3.62. The Hall–Kier alpha value is -0.0900. The lowest BCUT2D eigenvalue weighted by atomic mass is 10.6. The van der Waals surface area contributed by atoms with Crippen LogP contribution in [0.1, 0.15) is 20.8 Å². The molecule has 0 saturated carbocycles. The van der Waals surface area contributed by atoms with Gasteiger partial charge in [0.25, 0.3) is 0 Å². The average Bonchev–Trinajstić information content (AvgIpc) is 2.34. The molecule has 0 saturated heterocycles. The van der Waals surface area contributed by atoms with Gasteiger partial charge in [-0.05, 0) is 13.8 Å². The monoisotopic (exact) mass is 407 g/mol. The van der Waals surface area contributed by atoms with Crippen molar-refractivity contribution in [1.29, 1.82) is 0 Å². The topological polar surface area (TPSA) is 79.8 Å². The molecule has 0 aliphatic rings. The van der Waals surface area contributed by atoms with Crippen LogP contribution in [0, 0.1) is 0 Å². The Balaban J connectivity index is 0. The zero-order chi connectivity index (χ0) is 13.9. The summed E-state index contributed by atoms with van der Waals surface area (Å²) >= 11 is 0. The summed E-state index contributed by atoms with van der Waals surface area (Å²) in [7, 11) is -2.93. The summed E-state index contributed by atoms with van der Waals surface area (Å²) in [5, 5.41) is 6.04. The third kappa shape index (κ3) is 12.7. The van der Waals surface area contributed by atoms with Crippen molar-refractivity contribution in [3.63, 3.8) is 0 Å². The van der Waals surface area contributed by atoms with E-state index in [-0.39, 0.29) is 35.5 Å². The molecular formula is C11H26IN3O3S. The minimum atomic E-state index is -2.93. The Morgan fingerprint density at radius 1 is 1.21 bits per heavy atom. The molecule has 0 amide bonds. The zero-order valence-corrected chi connectivity index (χ0v) is 15.1. The zero-order valence-electron chi connectivity index (χ0n) is 11.9. The minimum absolute atomic E-state index is 0. The number of rotatable bonds is 9. The van der Waals surface area contributed by atoms with Crippen molar-refractivity contribution in [3.05, 3.63) is 0 Å². The van der Waals surface area contributed by atoms with Gasteiger partial charge in [-0.3, -0.25) is 4.99 Å². The summed E-state index contributed by atoms with van der Waals surface area (Å²) in [5.41, 5.74) is 0. The summed E-state index contributed by atoms with van der Waals surface area (Å²) < 4.78 is 27.8. The molecule has 0 radical (unpaired) electrons. The molecule has 0 bridgehead atoms. The summed E-state index contributed by atoms with van der Waals surface area (Å²) in [6, 6.07) is 0. The van der Waals surface area contributed by atoms with Gasteiger partial charge >= 0.3 is 0 Å². The van der Waals surface area contributed by atoms with Gasteiger partial charge in [-0.15, -0.1) is 24.0 Å². The van der Waals surface area contributed by atoms with Crippen LogP contribution in [0.25, 0.3) is 0 Å². The maximum absolute atomic E-state index is 11.3. The SMILES string of the molecule is CCNC(=NCCOCC)NCCS(=O)(=O)CC.I. The normalized spacial score (nSPS) is 11.8. The van der Waals surface area contributed by atoms with E-state index in [1.54, 1.807) is 6.92 Å². The second-order valence-corrected chi connectivity index (χ2v) is 6.09. The van der Waals surface area contributed by atoms with Gasteiger partial charge in [0, 0.05) is 25.4 Å². The molecule has 0 atom stereocenters. The van der Waals surface area contributed by atoms with Crippen molar-refractivity contribution in [2.24, 2.45) is 4.99 Å². The predicted octanol–water partition coefficient (Wildman–Crippen LogP) is 0.631. The molecule has 0 aromatic heterocycles. The Labute approximate surface area is 133 Å². The number of nitrogens with one attached hydrogen (secondary N) is 2. The molecule has 0 unspecified atom stereocenters. The molecule has 6 nitrogen and oxygen atoms in total. The van der Waals surface area contributed by atoms with Crippen molar-refractivity contribution < 1.29 is 13.2 Å². The van der Waals surface area contributed by atoms with Crippen LogP contribution in [0.5, 0.6) is 0 Å². The molecule has 0 rings (SSSR count). The van der Waals surface area contributed by atoms with E-state index in [9.17, 15) is 8.42 Å². The highest BCUT2D eigenvalue weighted by molar-refractivity contribution is 14.0. The molecule has 0 fully saturated rings. The van der Waals surface area contributed by atoms with Crippen LogP contribution in [-0.2, 0) is 14.6 Å². The summed E-state index contributed by atoms with van der Waals surface area (Å²) in [6.45, 7) is 8.46. The molecule has 0 aromatic rings. The summed E-state index contributed by atoms with van der Waals surface area (Å²) in [4.78, 5) is 4.27. The first-order chi connectivity index (χ1) is 8.55. The van der Waals surface area contributed by atoms with Gasteiger partial charge in [-0.2, -0.15) is 0 Å². The standard InChI is InChI=1S/C11H25N3O3S.HI/c1-4-12-11(13-7-9-17-5-2)14-8-10-18(15,16)6-3;/h4-10H2,1-3H3,(H2,12,13,14);1H. The molecule has 0 spiro atoms. The molecule has 8 heteroatoms. The number of nitrogens with zero attached hydrogens (tertiary/aromatic N) is 1. The van der Waals surface area contributed by atoms with E-state index in [2.05, 4.69) is 15.6 Å². The highest BCUT2D eigenvalue weighted by atomic mass is 127. The van der Waals surface area contributed by atoms with Crippen LogP contribution in [0.3, 0.4) is 0 Å². The third-order valence-electron chi connectivity index (χ3n) is 2.20. The van der Waals surface area contributed by atoms with E-state index in [1.165, 1.54) is 0 Å². The maximum Gasteiger partial charge on any atom is 0.191 e. The van der Waals surface area contributed by atoms with E-state index >= 15 is 0 Å². The van der Waals surface area contributed by atoms with Crippen molar-refractivity contribution in [1.82, 2.24) is 10.6 Å². The van der Waals surface area contributed by atoms with Crippen LogP contribution >= 0.6 is 24.0 Å². The molecule has 19 heavy (non-hydrogen) atoms. The van der Waals surface area contributed by atoms with E-state index < -0.39 is 9.84 Å². The number of hydrogen-bond donors (Lipinski definition) is 2. The van der Waals surface area contributed by atoms with E-state index in [1.807, 2.05) is 13.8 Å². The first-order valence-corrected chi connectivity index (χ1v) is 8.18. The number of aliphatic imine (C=N–C) groups is 1. The quantitative estimate of drug-likeness (QED) is 0.254. The number of halogens is 1. The van der Waals surface area contributed by atoms with Crippen LogP contribution in [0.2, 0.25) is 0 Å². The van der Waals surface area contributed by atoms with Crippen LogP contribution < -0.4 is 10.6 Å². The van der Waals surface area contributed by atoms with Crippen molar-refractivity contribution in [2.75, 3.05) is 44.4 Å². The highest BCUT2D eigenvalue weighted by Crippen LogP contribution is 1.87. The molecule has 0 aliphatic carbocycles. The first-order valence-electron chi connectivity index (χ1n) is 6.36. The fraction of sp³-hybridized carbons (Fsp3) is 0.909. The third-order valence-corrected chi connectivity index (χ3v) is 3.91. The molecular weight excluding hydrogens is 381 g/mol. The lowest BCUT2D eigenvalue weighted by Crippen LogP contribution is -2.40. The minimum Gasteiger partial charge on any atom is -0.380 e. The van der Waals surface area contributed by atoms with Crippen LogP contribution in [0.4, 0.5) is 0 Å². The van der Waals surface area contributed by atoms with Crippen LogP contribution in [-0.4, -0.2) is 58.7 Å². The highest BCUT2D eigenvalue weighted by Gasteiger charge is 2.07. The summed E-state index contributed by atoms with van der Waals surface area (Å²) in [5.74, 6) is 0.926. The number of hydrogen-bond acceptors (Lipinski definition) is 4. The van der Waals surface area contributed by atoms with Gasteiger partial charge in [0.2, 0.25) is 0 Å². The van der Waals surface area contributed by atoms with Gasteiger partial charge in [-0.25, -0.2) is 8.42 Å². The Kier molecular flexibility index (Phi) is 14.4. The van der Waals surface area contributed by atoms with Crippen molar-refractivity contribution >= 4 is 39.8 Å². The molecule has 2 N–H and O–H groups in total. The lowest BCUT2D eigenvalue weighted by Gasteiger charge is -2.11. The Morgan fingerprint density at radius 3 is 2.42 bits per heavy atom. The second kappa shape index (κ2) is 12.9. The Bertz CT molecular complexity index is 334. The van der Waals surface area contributed by atoms with Gasteiger partial charge in [0.05, 0.1) is 18.9 Å².